The minimum atomic E-state index is -0.104. The maximum Gasteiger partial charge on any atom is 0.260 e. The Morgan fingerprint density at radius 1 is 1.07 bits per heavy atom. The topological polar surface area (TPSA) is 56.1 Å². The quantitative estimate of drug-likeness (QED) is 0.585. The second-order valence-corrected chi connectivity index (χ2v) is 7.74. The number of ether oxygens (including phenoxy) is 2. The van der Waals surface area contributed by atoms with Gasteiger partial charge in [-0.25, -0.2) is 4.98 Å². The first-order valence-corrected chi connectivity index (χ1v) is 10.6. The predicted molar refractivity (Wildman–Crippen MR) is 118 cm³/mol. The molecule has 0 bridgehead atoms. The van der Waals surface area contributed by atoms with E-state index in [0.717, 1.165) is 29.9 Å². The molecule has 0 aliphatic rings. The van der Waals surface area contributed by atoms with E-state index in [1.54, 1.807) is 37.3 Å². The van der Waals surface area contributed by atoms with Crippen LogP contribution in [0.5, 0.6) is 11.5 Å². The lowest BCUT2D eigenvalue weighted by atomic mass is 10.1. The summed E-state index contributed by atoms with van der Waals surface area (Å²) in [5, 5.41) is 0.713. The van der Waals surface area contributed by atoms with Crippen LogP contribution in [0.1, 0.15) is 24.2 Å². The van der Waals surface area contributed by atoms with Gasteiger partial charge in [0.2, 0.25) is 0 Å². The minimum absolute atomic E-state index is 0.104. The Balaban J connectivity index is 1.98. The van der Waals surface area contributed by atoms with Crippen LogP contribution in [0.2, 0.25) is 0 Å². The summed E-state index contributed by atoms with van der Waals surface area (Å²) in [6.45, 7) is 7.81. The van der Waals surface area contributed by atoms with Crippen molar-refractivity contribution in [2.24, 2.45) is 0 Å². The zero-order chi connectivity index (χ0) is 20.8. The van der Waals surface area contributed by atoms with Gasteiger partial charge in [-0.2, -0.15) is 0 Å². The van der Waals surface area contributed by atoms with Crippen LogP contribution < -0.4 is 19.3 Å². The summed E-state index contributed by atoms with van der Waals surface area (Å²) in [6.07, 6.45) is 0. The Hall–Kier alpha value is -2.64. The zero-order valence-electron chi connectivity index (χ0n) is 17.4. The van der Waals surface area contributed by atoms with Gasteiger partial charge in [0.25, 0.3) is 5.91 Å². The van der Waals surface area contributed by atoms with E-state index in [-0.39, 0.29) is 5.91 Å². The molecule has 3 aromatic rings. The van der Waals surface area contributed by atoms with Crippen molar-refractivity contribution in [1.82, 2.24) is 4.98 Å². The number of nitrogens with one attached hydrogen (secondary N) is 1. The number of anilines is 1. The van der Waals surface area contributed by atoms with Crippen molar-refractivity contribution < 1.29 is 19.2 Å². The van der Waals surface area contributed by atoms with Crippen LogP contribution in [0.4, 0.5) is 5.13 Å². The number of carbonyl (C=O) groups is 1. The Kier molecular flexibility index (Phi) is 7.06. The van der Waals surface area contributed by atoms with Gasteiger partial charge in [0.15, 0.2) is 5.13 Å². The van der Waals surface area contributed by atoms with Crippen LogP contribution >= 0.6 is 11.3 Å². The second-order valence-electron chi connectivity index (χ2n) is 6.73. The van der Waals surface area contributed by atoms with E-state index >= 15 is 0 Å². The van der Waals surface area contributed by atoms with Crippen molar-refractivity contribution in [3.63, 3.8) is 0 Å². The first-order valence-electron chi connectivity index (χ1n) is 9.83. The molecule has 0 aliphatic carbocycles. The molecule has 0 saturated heterocycles. The third-order valence-corrected chi connectivity index (χ3v) is 6.11. The van der Waals surface area contributed by atoms with Crippen LogP contribution in [0.15, 0.2) is 42.5 Å². The average Bonchev–Trinajstić information content (AvgIpc) is 3.19. The number of likely N-dealkylation sites (N-methyl/N-ethyl adjacent to an activating group) is 1. The Morgan fingerprint density at radius 2 is 1.72 bits per heavy atom. The molecule has 1 aromatic heterocycles. The molecular weight excluding hydrogens is 386 g/mol. The van der Waals surface area contributed by atoms with Gasteiger partial charge in [-0.1, -0.05) is 23.5 Å². The van der Waals surface area contributed by atoms with Crippen LogP contribution in [0.25, 0.3) is 10.2 Å². The van der Waals surface area contributed by atoms with Crippen LogP contribution in [0, 0.1) is 0 Å². The highest BCUT2D eigenvalue weighted by molar-refractivity contribution is 7.22. The van der Waals surface area contributed by atoms with Crippen molar-refractivity contribution in [2.75, 3.05) is 45.3 Å². The number of carbonyl (C=O) groups excluding carboxylic acids is 1. The van der Waals surface area contributed by atoms with Crippen molar-refractivity contribution in [1.29, 1.82) is 0 Å². The number of nitrogens with zero attached hydrogens (tertiary/aromatic N) is 2. The molecule has 29 heavy (non-hydrogen) atoms. The third-order valence-electron chi connectivity index (χ3n) is 5.05. The molecule has 154 valence electrons. The fourth-order valence-corrected chi connectivity index (χ4v) is 4.21. The normalized spacial score (nSPS) is 11.1. The maximum absolute atomic E-state index is 13.5. The van der Waals surface area contributed by atoms with E-state index in [2.05, 4.69) is 13.8 Å². The van der Waals surface area contributed by atoms with Gasteiger partial charge in [-0.3, -0.25) is 9.69 Å². The number of para-hydroxylation sites is 1. The van der Waals surface area contributed by atoms with Crippen LogP contribution in [0.3, 0.4) is 0 Å². The highest BCUT2D eigenvalue weighted by atomic mass is 32.1. The van der Waals surface area contributed by atoms with Crippen LogP contribution in [-0.2, 0) is 0 Å². The summed E-state index contributed by atoms with van der Waals surface area (Å²) in [5.74, 6) is 1.07. The lowest BCUT2D eigenvalue weighted by Gasteiger charge is -2.23. The summed E-state index contributed by atoms with van der Waals surface area (Å²) in [4.78, 5) is 21.5. The van der Waals surface area contributed by atoms with Gasteiger partial charge in [-0.05, 0) is 38.1 Å². The van der Waals surface area contributed by atoms with Gasteiger partial charge < -0.3 is 14.4 Å². The number of hydrogen-bond acceptors (Lipinski definition) is 5. The number of aromatic nitrogens is 1. The monoisotopic (exact) mass is 414 g/mol. The second kappa shape index (κ2) is 9.71. The van der Waals surface area contributed by atoms with Crippen molar-refractivity contribution in [2.45, 2.75) is 13.8 Å². The van der Waals surface area contributed by atoms with E-state index < -0.39 is 0 Å². The lowest BCUT2D eigenvalue weighted by molar-refractivity contribution is -0.894. The number of hydrogen-bond donors (Lipinski definition) is 1. The third kappa shape index (κ3) is 4.86. The number of quaternary nitrogens is 1. The SMILES string of the molecule is CC[NH+](CC)CCN(C(=O)c1cc(OC)cc(OC)c1)c1nc2ccccc2s1. The molecule has 0 saturated carbocycles. The summed E-state index contributed by atoms with van der Waals surface area (Å²) in [5.41, 5.74) is 1.43. The lowest BCUT2D eigenvalue weighted by Crippen LogP contribution is -3.12. The van der Waals surface area contributed by atoms with Gasteiger partial charge in [0.1, 0.15) is 11.5 Å². The molecule has 1 N–H and O–H groups in total. The summed E-state index contributed by atoms with van der Waals surface area (Å²) < 4.78 is 11.8. The number of fused-ring (bicyclic) bond motifs is 1. The Morgan fingerprint density at radius 3 is 2.31 bits per heavy atom. The molecule has 3 rings (SSSR count). The fourth-order valence-electron chi connectivity index (χ4n) is 3.22. The first kappa shape index (κ1) is 21.1. The molecule has 0 spiro atoms. The largest absolute Gasteiger partial charge is 0.497 e. The number of methoxy groups -OCH3 is 2. The highest BCUT2D eigenvalue weighted by Gasteiger charge is 2.24. The summed E-state index contributed by atoms with van der Waals surface area (Å²) >= 11 is 1.54. The van der Waals surface area contributed by atoms with Gasteiger partial charge in [0.05, 0.1) is 50.6 Å². The van der Waals surface area contributed by atoms with Crippen molar-refractivity contribution in [3.8, 4) is 11.5 Å². The molecule has 0 radical (unpaired) electrons. The molecule has 2 aromatic carbocycles. The van der Waals surface area contributed by atoms with E-state index in [4.69, 9.17) is 14.5 Å². The summed E-state index contributed by atoms with van der Waals surface area (Å²) in [6, 6.07) is 13.2. The van der Waals surface area contributed by atoms with E-state index in [1.807, 2.05) is 24.3 Å². The molecule has 7 heteroatoms. The Bertz CT molecular complexity index is 914. The first-order chi connectivity index (χ1) is 14.1. The Labute approximate surface area is 175 Å². The molecule has 0 fully saturated rings. The summed E-state index contributed by atoms with van der Waals surface area (Å²) in [7, 11) is 3.16. The van der Waals surface area contributed by atoms with Gasteiger partial charge in [0, 0.05) is 11.6 Å². The van der Waals surface area contributed by atoms with E-state index in [9.17, 15) is 4.79 Å². The molecule has 0 aliphatic heterocycles. The minimum Gasteiger partial charge on any atom is -0.497 e. The fraction of sp³-hybridized carbons (Fsp3) is 0.364. The van der Waals surface area contributed by atoms with Gasteiger partial charge >= 0.3 is 0 Å². The molecule has 1 heterocycles. The standard InChI is InChI=1S/C22H27N3O3S/c1-5-24(6-2)11-12-25(22-23-19-9-7-8-10-20(19)29-22)21(26)16-13-17(27-3)15-18(14-16)28-4/h7-10,13-15H,5-6,11-12H2,1-4H3/p+1. The number of thiazole rings is 1. The smallest absolute Gasteiger partial charge is 0.260 e. The highest BCUT2D eigenvalue weighted by Crippen LogP contribution is 2.30. The maximum atomic E-state index is 13.5. The van der Waals surface area contributed by atoms with Crippen molar-refractivity contribution in [3.05, 3.63) is 48.0 Å². The molecule has 0 unspecified atom stereocenters. The molecule has 1 amide bonds. The number of benzene rings is 2. The molecule has 6 nitrogen and oxygen atoms in total. The predicted octanol–water partition coefficient (Wildman–Crippen LogP) is 2.89. The van der Waals surface area contributed by atoms with E-state index in [0.29, 0.717) is 28.7 Å². The van der Waals surface area contributed by atoms with Crippen LogP contribution in [-0.4, -0.2) is 51.3 Å². The zero-order valence-corrected chi connectivity index (χ0v) is 18.2. The van der Waals surface area contributed by atoms with Gasteiger partial charge in [-0.15, -0.1) is 0 Å². The molecular formula is C22H28N3O3S+. The number of rotatable bonds is 9. The van der Waals surface area contributed by atoms with E-state index in [1.165, 1.54) is 16.2 Å². The van der Waals surface area contributed by atoms with Crippen molar-refractivity contribution >= 4 is 32.6 Å². The molecule has 0 atom stereocenters. The number of amides is 1. The average molecular weight is 415 g/mol.